The predicted molar refractivity (Wildman–Crippen MR) is 49.2 cm³/mol. The van der Waals surface area contributed by atoms with Gasteiger partial charge in [-0.05, 0) is 38.3 Å². The smallest absolute Gasteiger partial charge is 0.0710 e. The van der Waals surface area contributed by atoms with E-state index < -0.39 is 0 Å². The largest absolute Gasteiger partial charge is 0.375 e. The average molecular weight is 169 g/mol. The first-order chi connectivity index (χ1) is 5.85. The second-order valence-corrected chi connectivity index (χ2v) is 4.22. The first-order valence-corrected chi connectivity index (χ1v) is 5.19. The maximum absolute atomic E-state index is 5.94. The van der Waals surface area contributed by atoms with Gasteiger partial charge in [-0.2, -0.15) is 0 Å². The van der Waals surface area contributed by atoms with Gasteiger partial charge in [0.2, 0.25) is 0 Å². The minimum absolute atomic E-state index is 0.284. The lowest BCUT2D eigenvalue weighted by molar-refractivity contribution is -0.0197. The van der Waals surface area contributed by atoms with Crippen LogP contribution in [0.5, 0.6) is 0 Å². The molecule has 2 heterocycles. The van der Waals surface area contributed by atoms with Crippen molar-refractivity contribution in [3.63, 3.8) is 0 Å². The molecule has 2 aliphatic rings. The highest BCUT2D eigenvalue weighted by Gasteiger charge is 2.40. The Kier molecular flexibility index (Phi) is 2.37. The minimum Gasteiger partial charge on any atom is -0.375 e. The van der Waals surface area contributed by atoms with Gasteiger partial charge in [-0.25, -0.2) is 0 Å². The van der Waals surface area contributed by atoms with Crippen LogP contribution in [0.1, 0.15) is 32.6 Å². The SMILES string of the molecule is CCC1COC2(CCNCC2)C1. The van der Waals surface area contributed by atoms with E-state index in [4.69, 9.17) is 4.74 Å². The molecule has 1 unspecified atom stereocenters. The van der Waals surface area contributed by atoms with Crippen molar-refractivity contribution >= 4 is 0 Å². The summed E-state index contributed by atoms with van der Waals surface area (Å²) in [5, 5.41) is 3.39. The quantitative estimate of drug-likeness (QED) is 0.643. The standard InChI is InChI=1S/C10H19NO/c1-2-9-7-10(12-8-9)3-5-11-6-4-10/h9,11H,2-8H2,1H3. The fourth-order valence-corrected chi connectivity index (χ4v) is 2.43. The van der Waals surface area contributed by atoms with Crippen molar-refractivity contribution in [2.45, 2.75) is 38.2 Å². The molecule has 0 radical (unpaired) electrons. The number of ether oxygens (including phenoxy) is 1. The third-order valence-electron chi connectivity index (χ3n) is 3.38. The lowest BCUT2D eigenvalue weighted by atomic mass is 9.85. The molecule has 2 rings (SSSR count). The van der Waals surface area contributed by atoms with E-state index in [1.165, 1.54) is 25.7 Å². The van der Waals surface area contributed by atoms with Gasteiger partial charge in [0.15, 0.2) is 0 Å². The van der Waals surface area contributed by atoms with E-state index in [1.807, 2.05) is 0 Å². The Morgan fingerprint density at radius 3 is 2.75 bits per heavy atom. The minimum atomic E-state index is 0.284. The van der Waals surface area contributed by atoms with Gasteiger partial charge in [0, 0.05) is 0 Å². The molecule has 2 fully saturated rings. The first-order valence-electron chi connectivity index (χ1n) is 5.19. The Morgan fingerprint density at radius 1 is 1.42 bits per heavy atom. The van der Waals surface area contributed by atoms with Gasteiger partial charge in [0.25, 0.3) is 0 Å². The molecular weight excluding hydrogens is 150 g/mol. The van der Waals surface area contributed by atoms with Crippen molar-refractivity contribution in [1.29, 1.82) is 0 Å². The number of rotatable bonds is 1. The summed E-state index contributed by atoms with van der Waals surface area (Å²) in [5.41, 5.74) is 0.284. The summed E-state index contributed by atoms with van der Waals surface area (Å²) in [6, 6.07) is 0. The third-order valence-corrected chi connectivity index (χ3v) is 3.38. The highest BCUT2D eigenvalue weighted by molar-refractivity contribution is 4.92. The van der Waals surface area contributed by atoms with E-state index in [9.17, 15) is 0 Å². The molecule has 1 N–H and O–H groups in total. The molecule has 1 spiro atoms. The van der Waals surface area contributed by atoms with Crippen molar-refractivity contribution in [2.24, 2.45) is 5.92 Å². The van der Waals surface area contributed by atoms with E-state index in [0.717, 1.165) is 25.6 Å². The highest BCUT2D eigenvalue weighted by atomic mass is 16.5. The van der Waals surface area contributed by atoms with E-state index >= 15 is 0 Å². The summed E-state index contributed by atoms with van der Waals surface area (Å²) in [6.45, 7) is 5.58. The van der Waals surface area contributed by atoms with Crippen molar-refractivity contribution in [3.05, 3.63) is 0 Å². The Bertz CT molecular complexity index is 152. The van der Waals surface area contributed by atoms with Gasteiger partial charge in [-0.15, -0.1) is 0 Å². The zero-order valence-electron chi connectivity index (χ0n) is 7.94. The number of nitrogens with one attached hydrogen (secondary N) is 1. The Morgan fingerprint density at radius 2 is 2.17 bits per heavy atom. The Balaban J connectivity index is 1.94. The summed E-state index contributed by atoms with van der Waals surface area (Å²) < 4.78 is 5.94. The van der Waals surface area contributed by atoms with Crippen LogP contribution in [0.4, 0.5) is 0 Å². The first kappa shape index (κ1) is 8.52. The van der Waals surface area contributed by atoms with Gasteiger partial charge < -0.3 is 10.1 Å². The highest BCUT2D eigenvalue weighted by Crippen LogP contribution is 2.37. The van der Waals surface area contributed by atoms with Crippen LogP contribution in [0, 0.1) is 5.92 Å². The maximum atomic E-state index is 5.94. The second-order valence-electron chi connectivity index (χ2n) is 4.22. The molecule has 2 aliphatic heterocycles. The topological polar surface area (TPSA) is 21.3 Å². The Labute approximate surface area is 74.7 Å². The second kappa shape index (κ2) is 3.35. The number of hydrogen-bond acceptors (Lipinski definition) is 2. The molecule has 0 amide bonds. The lowest BCUT2D eigenvalue weighted by Gasteiger charge is -2.33. The normalized spacial score (nSPS) is 34.2. The van der Waals surface area contributed by atoms with Crippen LogP contribution in [0.2, 0.25) is 0 Å². The van der Waals surface area contributed by atoms with Crippen molar-refractivity contribution in [2.75, 3.05) is 19.7 Å². The molecule has 0 aromatic heterocycles. The molecule has 12 heavy (non-hydrogen) atoms. The predicted octanol–water partition coefficient (Wildman–Crippen LogP) is 1.56. The number of piperidine rings is 1. The Hall–Kier alpha value is -0.0800. The molecule has 0 aliphatic carbocycles. The molecule has 0 saturated carbocycles. The summed E-state index contributed by atoms with van der Waals surface area (Å²) in [6.07, 6.45) is 5.05. The fourth-order valence-electron chi connectivity index (χ4n) is 2.43. The maximum Gasteiger partial charge on any atom is 0.0710 e. The lowest BCUT2D eigenvalue weighted by Crippen LogP contribution is -2.41. The summed E-state index contributed by atoms with van der Waals surface area (Å²) in [5.74, 6) is 0.836. The van der Waals surface area contributed by atoms with E-state index in [-0.39, 0.29) is 5.60 Å². The molecule has 70 valence electrons. The van der Waals surface area contributed by atoms with Crippen LogP contribution in [0.25, 0.3) is 0 Å². The van der Waals surface area contributed by atoms with Gasteiger partial charge in [-0.3, -0.25) is 0 Å². The van der Waals surface area contributed by atoms with Crippen LogP contribution >= 0.6 is 0 Å². The third kappa shape index (κ3) is 1.50. The fraction of sp³-hybridized carbons (Fsp3) is 1.00. The van der Waals surface area contributed by atoms with Gasteiger partial charge in [-0.1, -0.05) is 13.3 Å². The molecule has 2 nitrogen and oxygen atoms in total. The van der Waals surface area contributed by atoms with Gasteiger partial charge in [0.05, 0.1) is 12.2 Å². The zero-order valence-corrected chi connectivity index (χ0v) is 7.94. The summed E-state index contributed by atoms with van der Waals surface area (Å²) in [7, 11) is 0. The molecular formula is C10H19NO. The van der Waals surface area contributed by atoms with Crippen LogP contribution in [0.3, 0.4) is 0 Å². The van der Waals surface area contributed by atoms with Crippen molar-refractivity contribution in [1.82, 2.24) is 5.32 Å². The summed E-state index contributed by atoms with van der Waals surface area (Å²) >= 11 is 0. The van der Waals surface area contributed by atoms with Crippen molar-refractivity contribution in [3.8, 4) is 0 Å². The van der Waals surface area contributed by atoms with Crippen LogP contribution in [-0.2, 0) is 4.74 Å². The number of hydrogen-bond donors (Lipinski definition) is 1. The van der Waals surface area contributed by atoms with Crippen LogP contribution in [-0.4, -0.2) is 25.3 Å². The molecule has 1 atom stereocenters. The molecule has 2 heteroatoms. The van der Waals surface area contributed by atoms with Gasteiger partial charge in [0.1, 0.15) is 0 Å². The molecule has 0 aromatic rings. The van der Waals surface area contributed by atoms with E-state index in [1.54, 1.807) is 0 Å². The monoisotopic (exact) mass is 169 g/mol. The zero-order chi connectivity index (χ0) is 8.44. The summed E-state index contributed by atoms with van der Waals surface area (Å²) in [4.78, 5) is 0. The molecule has 0 aromatic carbocycles. The van der Waals surface area contributed by atoms with Crippen LogP contribution in [0.15, 0.2) is 0 Å². The molecule has 0 bridgehead atoms. The van der Waals surface area contributed by atoms with Crippen molar-refractivity contribution < 1.29 is 4.74 Å². The average Bonchev–Trinajstić information content (AvgIpc) is 2.50. The molecule has 2 saturated heterocycles. The van der Waals surface area contributed by atoms with Gasteiger partial charge >= 0.3 is 0 Å². The van der Waals surface area contributed by atoms with E-state index in [2.05, 4.69) is 12.2 Å². The van der Waals surface area contributed by atoms with Crippen LogP contribution < -0.4 is 5.32 Å². The van der Waals surface area contributed by atoms with E-state index in [0.29, 0.717) is 0 Å².